The Morgan fingerprint density at radius 1 is 1.00 bits per heavy atom. The van der Waals surface area contributed by atoms with Gasteiger partial charge in [0.1, 0.15) is 0 Å². The van der Waals surface area contributed by atoms with Crippen LogP contribution in [0, 0.1) is 0 Å². The van der Waals surface area contributed by atoms with E-state index in [9.17, 15) is 25.9 Å². The zero-order valence-corrected chi connectivity index (χ0v) is 26.2. The van der Waals surface area contributed by atoms with Gasteiger partial charge in [0.25, 0.3) is 25.8 Å². The molecule has 11 nitrogen and oxygen atoms in total. The number of ether oxygens (including phenoxy) is 1. The predicted octanol–water partition coefficient (Wildman–Crippen LogP) is 5.72. The minimum Gasteiger partial charge on any atom is -0.870 e. The van der Waals surface area contributed by atoms with Crippen molar-refractivity contribution in [3.8, 4) is 5.75 Å². The monoisotopic (exact) mass is 662 g/mol. The lowest BCUT2D eigenvalue weighted by molar-refractivity contribution is -0.678. The molecule has 0 bridgehead atoms. The van der Waals surface area contributed by atoms with Crippen molar-refractivity contribution < 1.29 is 45.1 Å². The summed E-state index contributed by atoms with van der Waals surface area (Å²) in [5.74, 6) is 1.41. The van der Waals surface area contributed by atoms with Crippen LogP contribution in [0.1, 0.15) is 45.9 Å². The number of hydrogen-bond acceptors (Lipinski definition) is 8. The number of benzene rings is 2. The number of fused-ring (bicyclic) bond motifs is 2. The Balaban J connectivity index is 0.00000484. The van der Waals surface area contributed by atoms with Crippen molar-refractivity contribution in [1.82, 2.24) is 0 Å². The van der Waals surface area contributed by atoms with Crippen LogP contribution in [0.25, 0.3) is 17.2 Å². The molecule has 2 aromatic carbocycles. The Morgan fingerprint density at radius 2 is 1.62 bits per heavy atom. The first-order chi connectivity index (χ1) is 19.2. The summed E-state index contributed by atoms with van der Waals surface area (Å²) in [6.07, 6.45) is 4.42. The van der Waals surface area contributed by atoms with E-state index in [1.165, 1.54) is 13.8 Å². The Labute approximate surface area is 254 Å². The van der Waals surface area contributed by atoms with Gasteiger partial charge in [-0.15, -0.1) is 0 Å². The predicted molar refractivity (Wildman–Crippen MR) is 160 cm³/mol. The smallest absolute Gasteiger partial charge is 0.374 e. The van der Waals surface area contributed by atoms with Crippen LogP contribution in [-0.4, -0.2) is 48.5 Å². The molecular weight excluding hydrogens is 631 g/mol. The van der Waals surface area contributed by atoms with Crippen LogP contribution in [0.15, 0.2) is 58.3 Å². The van der Waals surface area contributed by atoms with Gasteiger partial charge in [0.05, 0.1) is 22.3 Å². The second-order valence-corrected chi connectivity index (χ2v) is 14.4. The van der Waals surface area contributed by atoms with Gasteiger partial charge in [-0.25, -0.2) is 0 Å². The molecule has 1 aromatic heterocycles. The highest BCUT2D eigenvalue weighted by Gasteiger charge is 2.30. The summed E-state index contributed by atoms with van der Waals surface area (Å²) in [5, 5.41) is -1.01. The molecule has 0 fully saturated rings. The van der Waals surface area contributed by atoms with Crippen LogP contribution in [0.5, 0.6) is 5.75 Å². The van der Waals surface area contributed by atoms with Crippen molar-refractivity contribution in [3.63, 3.8) is 0 Å². The molecule has 1 aliphatic heterocycles. The summed E-state index contributed by atoms with van der Waals surface area (Å²) in [5.41, 5.74) is 2.65. The van der Waals surface area contributed by atoms with Gasteiger partial charge >= 0.3 is 5.89 Å². The van der Waals surface area contributed by atoms with Crippen LogP contribution >= 0.6 is 23.2 Å². The molecule has 0 saturated carbocycles. The third-order valence-electron chi connectivity index (χ3n) is 6.95. The lowest BCUT2D eigenvalue weighted by Gasteiger charge is -2.20. The molecule has 0 spiro atoms. The summed E-state index contributed by atoms with van der Waals surface area (Å²) in [4.78, 5) is 1.80. The number of halogens is 2. The SMILES string of the molecule is CCC(=Cc1oc2ccc(Cl)cc2[n+]1CCC(C)S(=O)(=O)O)C=C1Oc2ccc(Cl)cc2N1CCC(C)S(=O)(=O)O.[OH-]. The van der Waals surface area contributed by atoms with Gasteiger partial charge in [0.15, 0.2) is 12.3 Å². The number of allylic oxidation sites excluding steroid dienone is 2. The highest BCUT2D eigenvalue weighted by atomic mass is 35.5. The maximum Gasteiger partial charge on any atom is 0.374 e. The molecule has 1 aliphatic rings. The van der Waals surface area contributed by atoms with Crippen LogP contribution in [-0.2, 0) is 26.8 Å². The zero-order valence-electron chi connectivity index (χ0n) is 23.1. The first kappa shape index (κ1) is 33.8. The van der Waals surface area contributed by atoms with E-state index in [0.717, 1.165) is 5.57 Å². The number of nitrogens with zero attached hydrogens (tertiary/aromatic N) is 2. The van der Waals surface area contributed by atoms with Gasteiger partial charge in [-0.3, -0.25) is 9.11 Å². The number of oxazole rings is 1. The number of anilines is 1. The Hall–Kier alpha value is -2.65. The molecule has 15 heteroatoms. The van der Waals surface area contributed by atoms with E-state index in [4.69, 9.17) is 32.4 Å². The molecule has 0 aliphatic carbocycles. The van der Waals surface area contributed by atoms with Gasteiger partial charge in [0, 0.05) is 35.2 Å². The highest BCUT2D eigenvalue weighted by Crippen LogP contribution is 2.41. The van der Waals surface area contributed by atoms with Gasteiger partial charge < -0.3 is 19.5 Å². The average molecular weight is 664 g/mol. The van der Waals surface area contributed by atoms with Gasteiger partial charge in [-0.05, 0) is 62.6 Å². The third-order valence-corrected chi connectivity index (χ3v) is 9.92. The van der Waals surface area contributed by atoms with Crippen LogP contribution in [0.2, 0.25) is 10.0 Å². The van der Waals surface area contributed by atoms with Crippen molar-refractivity contribution in [2.45, 2.75) is 57.1 Å². The second kappa shape index (κ2) is 13.3. The van der Waals surface area contributed by atoms with E-state index in [-0.39, 0.29) is 31.4 Å². The van der Waals surface area contributed by atoms with Gasteiger partial charge in [0.2, 0.25) is 11.5 Å². The van der Waals surface area contributed by atoms with Crippen molar-refractivity contribution in [2.75, 3.05) is 11.4 Å². The first-order valence-corrected chi connectivity index (χ1v) is 16.6. The molecule has 230 valence electrons. The number of aromatic nitrogens is 1. The van der Waals surface area contributed by atoms with Crippen LogP contribution in [0.4, 0.5) is 5.69 Å². The van der Waals surface area contributed by atoms with Crippen LogP contribution in [0.3, 0.4) is 0 Å². The summed E-state index contributed by atoms with van der Waals surface area (Å²) in [7, 11) is -8.42. The van der Waals surface area contributed by atoms with E-state index >= 15 is 0 Å². The number of hydrogen-bond donors (Lipinski definition) is 2. The van der Waals surface area contributed by atoms with Crippen molar-refractivity contribution in [1.29, 1.82) is 0 Å². The quantitative estimate of drug-likeness (QED) is 0.191. The fourth-order valence-corrected chi connectivity index (χ4v) is 5.45. The van der Waals surface area contributed by atoms with E-state index in [0.29, 0.717) is 50.8 Å². The normalized spacial score (nSPS) is 16.3. The van der Waals surface area contributed by atoms with Gasteiger partial charge in [-0.1, -0.05) is 30.1 Å². The molecule has 0 amide bonds. The molecule has 2 heterocycles. The Morgan fingerprint density at radius 3 is 2.26 bits per heavy atom. The molecule has 0 radical (unpaired) electrons. The Kier molecular flexibility index (Phi) is 10.7. The van der Waals surface area contributed by atoms with E-state index in [2.05, 4.69) is 0 Å². The zero-order chi connectivity index (χ0) is 30.1. The molecule has 3 aromatic rings. The standard InChI is InChI=1S/C27H30Cl2N2O8S2.H2O/c1-4-19(13-26-30(11-9-17(2)40(32,33)34)22-15-20(28)5-7-24(22)38-26)14-27-31(12-10-18(3)41(35,36)37)23-16-21(29)6-8-25(23)39-27;/h5-8,13-18H,4,9-12H2,1-3H3,(H-,32,33,34,35,36,37);1H2. The first-order valence-electron chi connectivity index (χ1n) is 12.9. The molecular formula is C27H32Cl2N2O9S2. The van der Waals surface area contributed by atoms with E-state index < -0.39 is 30.7 Å². The molecule has 2 unspecified atom stereocenters. The van der Waals surface area contributed by atoms with E-state index in [1.807, 2.05) is 6.92 Å². The maximum atomic E-state index is 11.6. The average Bonchev–Trinajstić information content (AvgIpc) is 3.40. The second-order valence-electron chi connectivity index (χ2n) is 9.85. The third kappa shape index (κ3) is 7.84. The summed E-state index contributed by atoms with van der Waals surface area (Å²) < 4.78 is 79.4. The lowest BCUT2D eigenvalue weighted by Crippen LogP contribution is -2.37. The summed E-state index contributed by atoms with van der Waals surface area (Å²) in [6, 6.07) is 10.3. The largest absolute Gasteiger partial charge is 0.870 e. The Bertz CT molecular complexity index is 1740. The molecule has 4 rings (SSSR count). The summed E-state index contributed by atoms with van der Waals surface area (Å²) in [6.45, 7) is 5.27. The molecule has 3 N–H and O–H groups in total. The highest BCUT2D eigenvalue weighted by molar-refractivity contribution is 7.86. The van der Waals surface area contributed by atoms with Gasteiger partial charge in [-0.2, -0.15) is 21.4 Å². The molecule has 0 saturated heterocycles. The minimum absolute atomic E-state index is 0. The number of aryl methyl sites for hydroxylation is 1. The fourth-order valence-electron chi connectivity index (χ4n) is 4.31. The minimum atomic E-state index is -4.21. The number of rotatable bonds is 11. The van der Waals surface area contributed by atoms with Crippen molar-refractivity contribution >= 4 is 66.3 Å². The van der Waals surface area contributed by atoms with Crippen molar-refractivity contribution in [2.24, 2.45) is 0 Å². The topological polar surface area (TPSA) is 168 Å². The maximum absolute atomic E-state index is 11.6. The molecule has 42 heavy (non-hydrogen) atoms. The lowest BCUT2D eigenvalue weighted by atomic mass is 10.1. The fraction of sp³-hybridized carbons (Fsp3) is 0.370. The van der Waals surface area contributed by atoms with E-state index in [1.54, 1.807) is 58.0 Å². The summed E-state index contributed by atoms with van der Waals surface area (Å²) >= 11 is 12.5. The van der Waals surface area contributed by atoms with Crippen LogP contribution < -0.4 is 14.2 Å². The molecule has 2 atom stereocenters. The van der Waals surface area contributed by atoms with Crippen molar-refractivity contribution in [3.05, 3.63) is 69.9 Å².